The van der Waals surface area contributed by atoms with Gasteiger partial charge in [-0.3, -0.25) is 4.90 Å². The Kier molecular flexibility index (Phi) is 5.14. The van der Waals surface area contributed by atoms with Crippen LogP contribution in [0.2, 0.25) is 0 Å². The Hall–Kier alpha value is -1.66. The van der Waals surface area contributed by atoms with Gasteiger partial charge in [-0.1, -0.05) is 13.0 Å². The highest BCUT2D eigenvalue weighted by Gasteiger charge is 2.32. The highest BCUT2D eigenvalue weighted by Crippen LogP contribution is 2.41. The number of carbonyl (C=O) groups is 1. The Morgan fingerprint density at radius 3 is 2.58 bits per heavy atom. The molecule has 1 aliphatic carbocycles. The van der Waals surface area contributed by atoms with E-state index in [1.807, 2.05) is 17.0 Å². The molecule has 0 aromatic heterocycles. The number of amides is 2. The summed E-state index contributed by atoms with van der Waals surface area (Å²) >= 11 is 0. The summed E-state index contributed by atoms with van der Waals surface area (Å²) in [6.07, 6.45) is 3.17. The van der Waals surface area contributed by atoms with Gasteiger partial charge in [0.15, 0.2) is 0 Å². The summed E-state index contributed by atoms with van der Waals surface area (Å²) in [5, 5.41) is 2.87. The number of benzene rings is 1. The molecular weight excluding hydrogens is 331 g/mol. The molecule has 6 heteroatoms. The quantitative estimate of drug-likeness (QED) is 0.897. The van der Waals surface area contributed by atoms with Gasteiger partial charge >= 0.3 is 6.03 Å². The molecule has 3 aliphatic rings. The van der Waals surface area contributed by atoms with E-state index in [4.69, 9.17) is 0 Å². The number of urea groups is 1. The molecule has 1 atom stereocenters. The zero-order valence-electron chi connectivity index (χ0n) is 15.6. The van der Waals surface area contributed by atoms with Crippen molar-refractivity contribution in [1.82, 2.24) is 14.7 Å². The van der Waals surface area contributed by atoms with Gasteiger partial charge < -0.3 is 15.1 Å². The van der Waals surface area contributed by atoms with Gasteiger partial charge in [0.25, 0.3) is 0 Å². The lowest BCUT2D eigenvalue weighted by Gasteiger charge is -2.37. The van der Waals surface area contributed by atoms with E-state index in [0.717, 1.165) is 70.6 Å². The van der Waals surface area contributed by atoms with E-state index in [-0.39, 0.29) is 11.8 Å². The monoisotopic (exact) mass is 360 g/mol. The van der Waals surface area contributed by atoms with Gasteiger partial charge in [-0.15, -0.1) is 0 Å². The summed E-state index contributed by atoms with van der Waals surface area (Å²) < 4.78 is 14.2. The molecule has 3 fully saturated rings. The fourth-order valence-corrected chi connectivity index (χ4v) is 4.20. The summed E-state index contributed by atoms with van der Waals surface area (Å²) in [6.45, 7) is 9.26. The van der Waals surface area contributed by atoms with E-state index >= 15 is 0 Å². The van der Waals surface area contributed by atoms with Crippen LogP contribution in [-0.4, -0.2) is 72.6 Å². The van der Waals surface area contributed by atoms with Crippen LogP contribution in [0.15, 0.2) is 18.2 Å². The van der Waals surface area contributed by atoms with Crippen LogP contribution in [0, 0.1) is 5.82 Å². The van der Waals surface area contributed by atoms with E-state index in [2.05, 4.69) is 22.0 Å². The lowest BCUT2D eigenvalue weighted by atomic mass is 10.1. The van der Waals surface area contributed by atoms with Crippen LogP contribution >= 0.6 is 0 Å². The standard InChI is InChI=1S/C20H29FN4O/c1-2-23-9-11-24(12-10-23)17-7-8-25(14-17)20(26)22-16-5-6-18(15-3-4-15)19(21)13-16/h5-6,13,15,17H,2-4,7-12,14H2,1H3,(H,22,26)/t17-/m1/s1. The fraction of sp³-hybridized carbons (Fsp3) is 0.650. The van der Waals surface area contributed by atoms with Crippen LogP contribution in [0.25, 0.3) is 0 Å². The summed E-state index contributed by atoms with van der Waals surface area (Å²) in [6, 6.07) is 5.45. The second-order valence-electron chi connectivity index (χ2n) is 7.80. The van der Waals surface area contributed by atoms with Gasteiger partial charge in [-0.2, -0.15) is 0 Å². The molecule has 2 saturated heterocycles. The number of halogens is 1. The van der Waals surface area contributed by atoms with Crippen molar-refractivity contribution in [3.63, 3.8) is 0 Å². The topological polar surface area (TPSA) is 38.8 Å². The molecule has 1 saturated carbocycles. The largest absolute Gasteiger partial charge is 0.323 e. The molecule has 1 aromatic carbocycles. The molecular formula is C20H29FN4O. The number of carbonyl (C=O) groups excluding carboxylic acids is 1. The van der Waals surface area contributed by atoms with Crippen molar-refractivity contribution < 1.29 is 9.18 Å². The van der Waals surface area contributed by atoms with E-state index in [1.165, 1.54) is 6.07 Å². The lowest BCUT2D eigenvalue weighted by molar-refractivity contribution is 0.103. The zero-order valence-corrected chi connectivity index (χ0v) is 15.6. The molecule has 2 aliphatic heterocycles. The molecule has 2 heterocycles. The van der Waals surface area contributed by atoms with E-state index < -0.39 is 0 Å². The van der Waals surface area contributed by atoms with Crippen LogP contribution < -0.4 is 5.32 Å². The maximum absolute atomic E-state index is 14.2. The third kappa shape index (κ3) is 3.86. The number of anilines is 1. The van der Waals surface area contributed by atoms with Gasteiger partial charge in [0.1, 0.15) is 5.82 Å². The van der Waals surface area contributed by atoms with Crippen LogP contribution in [0.1, 0.15) is 37.7 Å². The number of nitrogens with one attached hydrogen (secondary N) is 1. The third-order valence-electron chi connectivity index (χ3n) is 6.09. The summed E-state index contributed by atoms with van der Waals surface area (Å²) in [4.78, 5) is 19.4. The second kappa shape index (κ2) is 7.53. The number of hydrogen-bond donors (Lipinski definition) is 1. The van der Waals surface area contributed by atoms with Crippen molar-refractivity contribution in [3.05, 3.63) is 29.6 Å². The van der Waals surface area contributed by atoms with Crippen molar-refractivity contribution in [3.8, 4) is 0 Å². The highest BCUT2D eigenvalue weighted by molar-refractivity contribution is 5.89. The molecule has 1 aromatic rings. The van der Waals surface area contributed by atoms with E-state index in [0.29, 0.717) is 17.6 Å². The van der Waals surface area contributed by atoms with Gasteiger partial charge in [-0.05, 0) is 49.4 Å². The molecule has 0 unspecified atom stereocenters. The van der Waals surface area contributed by atoms with E-state index in [1.54, 1.807) is 0 Å². The Morgan fingerprint density at radius 2 is 1.92 bits per heavy atom. The minimum absolute atomic E-state index is 0.113. The normalized spacial score (nSPS) is 24.8. The smallest absolute Gasteiger partial charge is 0.321 e. The minimum atomic E-state index is -0.196. The zero-order chi connectivity index (χ0) is 18.1. The molecule has 0 spiro atoms. The van der Waals surface area contributed by atoms with Crippen molar-refractivity contribution in [2.75, 3.05) is 51.1 Å². The Bertz CT molecular complexity index is 655. The van der Waals surface area contributed by atoms with Crippen LogP contribution in [0.4, 0.5) is 14.9 Å². The third-order valence-corrected chi connectivity index (χ3v) is 6.09. The first-order chi connectivity index (χ1) is 12.6. The van der Waals surface area contributed by atoms with Crippen molar-refractivity contribution in [2.24, 2.45) is 0 Å². The molecule has 5 nitrogen and oxygen atoms in total. The number of hydrogen-bond acceptors (Lipinski definition) is 3. The predicted molar refractivity (Wildman–Crippen MR) is 101 cm³/mol. The van der Waals surface area contributed by atoms with Crippen molar-refractivity contribution in [1.29, 1.82) is 0 Å². The first-order valence-electron chi connectivity index (χ1n) is 9.96. The van der Waals surface area contributed by atoms with Gasteiger partial charge in [0.2, 0.25) is 0 Å². The Balaban J connectivity index is 1.30. The van der Waals surface area contributed by atoms with Crippen LogP contribution in [-0.2, 0) is 0 Å². The Morgan fingerprint density at radius 1 is 1.15 bits per heavy atom. The molecule has 142 valence electrons. The second-order valence-corrected chi connectivity index (χ2v) is 7.80. The highest BCUT2D eigenvalue weighted by atomic mass is 19.1. The summed E-state index contributed by atoms with van der Waals surface area (Å²) in [7, 11) is 0. The first-order valence-corrected chi connectivity index (χ1v) is 9.96. The van der Waals surface area contributed by atoms with Crippen LogP contribution in [0.5, 0.6) is 0 Å². The van der Waals surface area contributed by atoms with Crippen molar-refractivity contribution >= 4 is 11.7 Å². The maximum atomic E-state index is 14.2. The minimum Gasteiger partial charge on any atom is -0.323 e. The molecule has 0 bridgehead atoms. The lowest BCUT2D eigenvalue weighted by Crippen LogP contribution is -2.51. The molecule has 1 N–H and O–H groups in total. The number of nitrogens with zero attached hydrogens (tertiary/aromatic N) is 3. The Labute approximate surface area is 155 Å². The number of rotatable bonds is 4. The summed E-state index contributed by atoms with van der Waals surface area (Å²) in [5.41, 5.74) is 1.34. The summed E-state index contributed by atoms with van der Waals surface area (Å²) in [5.74, 6) is 0.186. The number of piperazine rings is 1. The van der Waals surface area contributed by atoms with Gasteiger partial charge in [0.05, 0.1) is 0 Å². The van der Waals surface area contributed by atoms with Crippen LogP contribution in [0.3, 0.4) is 0 Å². The maximum Gasteiger partial charge on any atom is 0.321 e. The van der Waals surface area contributed by atoms with Gasteiger partial charge in [0, 0.05) is 51.0 Å². The average molecular weight is 360 g/mol. The predicted octanol–water partition coefficient (Wildman–Crippen LogP) is 2.95. The molecule has 0 radical (unpaired) electrons. The van der Waals surface area contributed by atoms with Crippen molar-refractivity contribution in [2.45, 2.75) is 38.1 Å². The average Bonchev–Trinajstić information content (AvgIpc) is 3.37. The number of likely N-dealkylation sites (N-methyl/N-ethyl adjacent to an activating group) is 1. The van der Waals surface area contributed by atoms with Gasteiger partial charge in [-0.25, -0.2) is 9.18 Å². The molecule has 26 heavy (non-hydrogen) atoms. The van der Waals surface area contributed by atoms with E-state index in [9.17, 15) is 9.18 Å². The fourth-order valence-electron chi connectivity index (χ4n) is 4.20. The molecule has 2 amide bonds. The molecule has 4 rings (SSSR count). The SMILES string of the molecule is CCN1CCN([C@@H]2CCN(C(=O)Nc3ccc(C4CC4)c(F)c3)C2)CC1. The first kappa shape index (κ1) is 17.7. The number of likely N-dealkylation sites (tertiary alicyclic amines) is 1.